The topological polar surface area (TPSA) is 29.1 Å². The van der Waals surface area contributed by atoms with Crippen LogP contribution < -0.4 is 5.32 Å². The summed E-state index contributed by atoms with van der Waals surface area (Å²) < 4.78 is 36.8. The second-order valence-electron chi connectivity index (χ2n) is 3.91. The van der Waals surface area contributed by atoms with Crippen molar-refractivity contribution < 1.29 is 18.0 Å². The molecule has 0 bridgehead atoms. The fourth-order valence-corrected chi connectivity index (χ4v) is 2.37. The monoisotopic (exact) mass is 307 g/mol. The largest absolute Gasteiger partial charge is 0.471 e. The Hall–Kier alpha value is -1.04. The van der Waals surface area contributed by atoms with Gasteiger partial charge in [-0.2, -0.15) is 13.2 Å². The highest BCUT2D eigenvalue weighted by Crippen LogP contribution is 2.32. The van der Waals surface area contributed by atoms with E-state index in [1.807, 2.05) is 5.32 Å². The highest BCUT2D eigenvalue weighted by Gasteiger charge is 2.39. The van der Waals surface area contributed by atoms with Gasteiger partial charge in [-0.15, -0.1) is 0 Å². The molecule has 17 heavy (non-hydrogen) atoms. The van der Waals surface area contributed by atoms with Gasteiger partial charge in [-0.05, 0) is 58.5 Å². The highest BCUT2D eigenvalue weighted by molar-refractivity contribution is 9.10. The fourth-order valence-electron chi connectivity index (χ4n) is 1.88. The molecule has 1 aromatic rings. The summed E-state index contributed by atoms with van der Waals surface area (Å²) in [6, 6.07) is 3.38. The van der Waals surface area contributed by atoms with Crippen LogP contribution in [-0.2, 0) is 17.6 Å². The van der Waals surface area contributed by atoms with Crippen LogP contribution in [0.25, 0.3) is 0 Å². The van der Waals surface area contributed by atoms with Crippen molar-refractivity contribution in [3.8, 4) is 0 Å². The molecule has 0 fully saturated rings. The van der Waals surface area contributed by atoms with E-state index < -0.39 is 12.1 Å². The Morgan fingerprint density at radius 1 is 1.24 bits per heavy atom. The number of anilines is 1. The van der Waals surface area contributed by atoms with Gasteiger partial charge >= 0.3 is 12.1 Å². The van der Waals surface area contributed by atoms with Crippen molar-refractivity contribution in [1.29, 1.82) is 0 Å². The normalized spacial score (nSPS) is 14.6. The van der Waals surface area contributed by atoms with Gasteiger partial charge in [-0.3, -0.25) is 4.79 Å². The number of carbonyl (C=O) groups is 1. The van der Waals surface area contributed by atoms with Gasteiger partial charge in [0.2, 0.25) is 0 Å². The summed E-state index contributed by atoms with van der Waals surface area (Å²) in [4.78, 5) is 10.8. The molecule has 1 amide bonds. The molecule has 0 unspecified atom stereocenters. The van der Waals surface area contributed by atoms with Crippen LogP contribution in [0.5, 0.6) is 0 Å². The van der Waals surface area contributed by atoms with Crippen molar-refractivity contribution in [3.63, 3.8) is 0 Å². The molecule has 1 aliphatic carbocycles. The lowest BCUT2D eigenvalue weighted by Crippen LogP contribution is -2.30. The Morgan fingerprint density at radius 3 is 2.41 bits per heavy atom. The Kier molecular flexibility index (Phi) is 3.16. The average molecular weight is 308 g/mol. The molecule has 0 radical (unpaired) electrons. The SMILES string of the molecule is O=C(Nc1cc2c(cc1Br)CCC2)C(F)(F)F. The van der Waals surface area contributed by atoms with Crippen molar-refractivity contribution in [1.82, 2.24) is 0 Å². The predicted octanol–water partition coefficient (Wildman–Crippen LogP) is 3.44. The van der Waals surface area contributed by atoms with E-state index in [0.717, 1.165) is 30.4 Å². The third kappa shape index (κ3) is 2.62. The molecule has 0 saturated carbocycles. The highest BCUT2D eigenvalue weighted by atomic mass is 79.9. The first-order chi connectivity index (χ1) is 7.88. The van der Waals surface area contributed by atoms with E-state index in [1.54, 1.807) is 12.1 Å². The first-order valence-electron chi connectivity index (χ1n) is 5.07. The number of amides is 1. The van der Waals surface area contributed by atoms with Gasteiger partial charge in [0.25, 0.3) is 0 Å². The summed E-state index contributed by atoms with van der Waals surface area (Å²) in [5.74, 6) is -1.95. The molecule has 92 valence electrons. The molecule has 2 rings (SSSR count). The van der Waals surface area contributed by atoms with Crippen molar-refractivity contribution >= 4 is 27.5 Å². The minimum atomic E-state index is -4.86. The van der Waals surface area contributed by atoms with E-state index in [9.17, 15) is 18.0 Å². The van der Waals surface area contributed by atoms with Gasteiger partial charge in [-0.1, -0.05) is 0 Å². The maximum absolute atomic E-state index is 12.1. The van der Waals surface area contributed by atoms with Crippen molar-refractivity contribution in [2.24, 2.45) is 0 Å². The van der Waals surface area contributed by atoms with Crippen LogP contribution in [-0.4, -0.2) is 12.1 Å². The van der Waals surface area contributed by atoms with Crippen molar-refractivity contribution in [2.45, 2.75) is 25.4 Å². The number of halogens is 4. The van der Waals surface area contributed by atoms with Gasteiger partial charge in [0.15, 0.2) is 0 Å². The van der Waals surface area contributed by atoms with Crippen LogP contribution in [0.3, 0.4) is 0 Å². The number of hydrogen-bond acceptors (Lipinski definition) is 1. The number of benzene rings is 1. The lowest BCUT2D eigenvalue weighted by Gasteiger charge is -2.11. The molecule has 1 aliphatic rings. The number of nitrogens with one attached hydrogen (secondary N) is 1. The second kappa shape index (κ2) is 4.33. The van der Waals surface area contributed by atoms with Gasteiger partial charge < -0.3 is 5.32 Å². The van der Waals surface area contributed by atoms with Crippen molar-refractivity contribution in [3.05, 3.63) is 27.7 Å². The molecule has 0 heterocycles. The van der Waals surface area contributed by atoms with E-state index in [1.165, 1.54) is 0 Å². The number of carbonyl (C=O) groups excluding carboxylic acids is 1. The van der Waals surface area contributed by atoms with Gasteiger partial charge in [0.05, 0.1) is 5.69 Å². The van der Waals surface area contributed by atoms with Crippen LogP contribution in [0.2, 0.25) is 0 Å². The molecule has 0 atom stereocenters. The molecular weight excluding hydrogens is 299 g/mol. The number of aryl methyl sites for hydroxylation is 2. The predicted molar refractivity (Wildman–Crippen MR) is 60.9 cm³/mol. The number of rotatable bonds is 1. The van der Waals surface area contributed by atoms with E-state index in [-0.39, 0.29) is 5.69 Å². The number of fused-ring (bicyclic) bond motifs is 1. The lowest BCUT2D eigenvalue weighted by molar-refractivity contribution is -0.167. The van der Waals surface area contributed by atoms with E-state index >= 15 is 0 Å². The fraction of sp³-hybridized carbons (Fsp3) is 0.364. The van der Waals surface area contributed by atoms with Gasteiger partial charge in [0.1, 0.15) is 0 Å². The Morgan fingerprint density at radius 2 is 1.82 bits per heavy atom. The molecule has 0 spiro atoms. The van der Waals surface area contributed by atoms with E-state index in [0.29, 0.717) is 4.47 Å². The molecule has 2 nitrogen and oxygen atoms in total. The zero-order valence-corrected chi connectivity index (χ0v) is 10.3. The second-order valence-corrected chi connectivity index (χ2v) is 4.76. The molecule has 6 heteroatoms. The standard InChI is InChI=1S/C11H9BrF3NO/c12-8-4-6-2-1-3-7(6)5-9(8)16-10(17)11(13,14)15/h4-5H,1-3H2,(H,16,17). The summed E-state index contributed by atoms with van der Waals surface area (Å²) in [7, 11) is 0. The summed E-state index contributed by atoms with van der Waals surface area (Å²) in [5, 5.41) is 1.87. The van der Waals surface area contributed by atoms with E-state index in [4.69, 9.17) is 0 Å². The Balaban J connectivity index is 2.25. The summed E-state index contributed by atoms with van der Waals surface area (Å²) in [5.41, 5.74) is 2.31. The quantitative estimate of drug-likeness (QED) is 0.846. The van der Waals surface area contributed by atoms with E-state index in [2.05, 4.69) is 15.9 Å². The lowest BCUT2D eigenvalue weighted by atomic mass is 10.1. The van der Waals surface area contributed by atoms with Gasteiger partial charge in [-0.25, -0.2) is 0 Å². The maximum Gasteiger partial charge on any atom is 0.471 e. The maximum atomic E-state index is 12.1. The first kappa shape index (κ1) is 12.4. The van der Waals surface area contributed by atoms with Crippen molar-refractivity contribution in [2.75, 3.05) is 5.32 Å². The minimum absolute atomic E-state index is 0.174. The smallest absolute Gasteiger partial charge is 0.317 e. The van der Waals surface area contributed by atoms with Crippen LogP contribution >= 0.6 is 15.9 Å². The summed E-state index contributed by atoms with van der Waals surface area (Å²) in [6.45, 7) is 0. The van der Waals surface area contributed by atoms with Crippen LogP contribution in [0.15, 0.2) is 16.6 Å². The Labute approximate surface area is 104 Å². The van der Waals surface area contributed by atoms with Crippen LogP contribution in [0.4, 0.5) is 18.9 Å². The zero-order chi connectivity index (χ0) is 12.6. The number of hydrogen-bond donors (Lipinski definition) is 1. The third-order valence-corrected chi connectivity index (χ3v) is 3.34. The zero-order valence-electron chi connectivity index (χ0n) is 8.70. The van der Waals surface area contributed by atoms with Gasteiger partial charge in [0, 0.05) is 4.47 Å². The first-order valence-corrected chi connectivity index (χ1v) is 5.86. The molecule has 0 saturated heterocycles. The molecule has 1 aromatic carbocycles. The third-order valence-electron chi connectivity index (χ3n) is 2.69. The molecular formula is C11H9BrF3NO. The summed E-state index contributed by atoms with van der Waals surface area (Å²) in [6.07, 6.45) is -2.09. The molecule has 0 aliphatic heterocycles. The molecule has 1 N–H and O–H groups in total. The Bertz CT molecular complexity index is 471. The average Bonchev–Trinajstić information content (AvgIpc) is 2.63. The number of alkyl halides is 3. The molecule has 0 aromatic heterocycles. The summed E-state index contributed by atoms with van der Waals surface area (Å²) >= 11 is 3.16. The van der Waals surface area contributed by atoms with Crippen LogP contribution in [0, 0.1) is 0 Å². The van der Waals surface area contributed by atoms with Crippen LogP contribution in [0.1, 0.15) is 17.5 Å². The minimum Gasteiger partial charge on any atom is -0.317 e.